The highest BCUT2D eigenvalue weighted by molar-refractivity contribution is 9.10. The normalized spacial score (nSPS) is 16.8. The molecule has 0 saturated carbocycles. The highest BCUT2D eigenvalue weighted by Crippen LogP contribution is 2.34. The minimum absolute atomic E-state index is 0.174. The Labute approximate surface area is 144 Å². The zero-order valence-corrected chi connectivity index (χ0v) is 14.3. The van der Waals surface area contributed by atoms with E-state index < -0.39 is 0 Å². The van der Waals surface area contributed by atoms with E-state index in [1.54, 1.807) is 30.3 Å². The van der Waals surface area contributed by atoms with Crippen LogP contribution in [-0.4, -0.2) is 15.1 Å². The van der Waals surface area contributed by atoms with Gasteiger partial charge in [0.1, 0.15) is 15.9 Å². The van der Waals surface area contributed by atoms with E-state index in [4.69, 9.17) is 16.6 Å². The molecule has 3 nitrogen and oxygen atoms in total. The van der Waals surface area contributed by atoms with Crippen molar-refractivity contribution in [1.82, 2.24) is 4.90 Å². The second-order valence-corrected chi connectivity index (χ2v) is 6.99. The molecule has 1 fully saturated rings. The van der Waals surface area contributed by atoms with Crippen LogP contribution in [0.5, 0.6) is 0 Å². The Morgan fingerprint density at radius 1 is 1.27 bits per heavy atom. The Morgan fingerprint density at radius 3 is 2.64 bits per heavy atom. The Kier molecular flexibility index (Phi) is 4.46. The number of hydrogen-bond acceptors (Lipinski definition) is 4. The number of thiocarbonyl (C=S) groups is 1. The van der Waals surface area contributed by atoms with Crippen LogP contribution in [0.15, 0.2) is 50.4 Å². The van der Waals surface area contributed by atoms with Gasteiger partial charge in [-0.3, -0.25) is 9.69 Å². The van der Waals surface area contributed by atoms with E-state index in [0.29, 0.717) is 26.2 Å². The molecule has 1 aromatic carbocycles. The maximum Gasteiger partial charge on any atom is 0.266 e. The molecule has 2 heterocycles. The van der Waals surface area contributed by atoms with Gasteiger partial charge in [-0.05, 0) is 45.8 Å². The van der Waals surface area contributed by atoms with Crippen molar-refractivity contribution in [1.29, 1.82) is 0 Å². The van der Waals surface area contributed by atoms with Crippen molar-refractivity contribution < 1.29 is 13.6 Å². The van der Waals surface area contributed by atoms with E-state index in [0.717, 1.165) is 5.56 Å². The van der Waals surface area contributed by atoms with Gasteiger partial charge in [-0.25, -0.2) is 4.39 Å². The third kappa shape index (κ3) is 3.31. The topological polar surface area (TPSA) is 33.5 Å². The summed E-state index contributed by atoms with van der Waals surface area (Å²) in [4.78, 5) is 14.4. The molecule has 1 aliphatic heterocycles. The molecule has 0 radical (unpaired) electrons. The summed E-state index contributed by atoms with van der Waals surface area (Å²) in [6, 6.07) is 9.52. The molecule has 1 saturated heterocycles. The minimum Gasteiger partial charge on any atom is -0.450 e. The lowest BCUT2D eigenvalue weighted by Gasteiger charge is -2.14. The Hall–Kier alpha value is -1.44. The number of nitrogens with zero attached hydrogens (tertiary/aromatic N) is 1. The smallest absolute Gasteiger partial charge is 0.266 e. The highest BCUT2D eigenvalue weighted by atomic mass is 79.9. The standard InChI is InChI=1S/C15H9BrFNO2S2/c16-13-6-5-11(20-13)7-12-14(19)18(15(21)22-12)8-9-1-3-10(17)4-2-9/h1-7H,8H2. The summed E-state index contributed by atoms with van der Waals surface area (Å²) in [7, 11) is 0. The predicted octanol–water partition coefficient (Wildman–Crippen LogP) is 4.58. The van der Waals surface area contributed by atoms with Crippen LogP contribution < -0.4 is 0 Å². The van der Waals surface area contributed by atoms with Crippen LogP contribution in [0.3, 0.4) is 0 Å². The highest BCUT2D eigenvalue weighted by Gasteiger charge is 2.32. The van der Waals surface area contributed by atoms with E-state index >= 15 is 0 Å². The van der Waals surface area contributed by atoms with E-state index in [9.17, 15) is 9.18 Å². The quantitative estimate of drug-likeness (QED) is 0.560. The van der Waals surface area contributed by atoms with Gasteiger partial charge in [0.25, 0.3) is 5.91 Å². The molecule has 0 N–H and O–H groups in total. The fourth-order valence-corrected chi connectivity index (χ4v) is 3.50. The van der Waals surface area contributed by atoms with Crippen LogP contribution in [0.1, 0.15) is 11.3 Å². The summed E-state index contributed by atoms with van der Waals surface area (Å²) < 4.78 is 19.4. The van der Waals surface area contributed by atoms with Crippen LogP contribution in [0.25, 0.3) is 6.08 Å². The molecule has 1 amide bonds. The second-order valence-electron chi connectivity index (χ2n) is 4.54. The number of thioether (sulfide) groups is 1. The number of benzene rings is 1. The van der Waals surface area contributed by atoms with Crippen molar-refractivity contribution in [2.75, 3.05) is 0 Å². The summed E-state index contributed by atoms with van der Waals surface area (Å²) in [5.41, 5.74) is 0.819. The SMILES string of the molecule is O=C1C(=Cc2ccc(Br)o2)SC(=S)N1Cc1ccc(F)cc1. The predicted molar refractivity (Wildman–Crippen MR) is 91.5 cm³/mol. The maximum absolute atomic E-state index is 12.9. The lowest BCUT2D eigenvalue weighted by molar-refractivity contribution is -0.122. The van der Waals surface area contributed by atoms with Crippen molar-refractivity contribution in [3.63, 3.8) is 0 Å². The largest absolute Gasteiger partial charge is 0.450 e. The fourth-order valence-electron chi connectivity index (χ4n) is 1.94. The van der Waals surface area contributed by atoms with Crippen LogP contribution in [-0.2, 0) is 11.3 Å². The third-order valence-electron chi connectivity index (χ3n) is 2.99. The molecule has 0 aliphatic carbocycles. The first kappa shape index (κ1) is 15.5. The number of amides is 1. The molecule has 0 atom stereocenters. The molecule has 0 spiro atoms. The Morgan fingerprint density at radius 2 is 2.00 bits per heavy atom. The summed E-state index contributed by atoms with van der Waals surface area (Å²) in [5.74, 6) is 0.0958. The van der Waals surface area contributed by atoms with E-state index in [1.165, 1.54) is 28.8 Å². The van der Waals surface area contributed by atoms with Gasteiger partial charge in [0, 0.05) is 6.08 Å². The Bertz CT molecular complexity index is 770. The number of carbonyl (C=O) groups excluding carboxylic acids is 1. The molecule has 1 aromatic heterocycles. The average Bonchev–Trinajstić information content (AvgIpc) is 3.00. The van der Waals surface area contributed by atoms with Crippen LogP contribution in [0.2, 0.25) is 0 Å². The number of hydrogen-bond donors (Lipinski definition) is 0. The van der Waals surface area contributed by atoms with Gasteiger partial charge >= 0.3 is 0 Å². The summed E-state index contributed by atoms with van der Waals surface area (Å²) >= 11 is 9.70. The first-order valence-electron chi connectivity index (χ1n) is 6.28. The second kappa shape index (κ2) is 6.36. The molecule has 1 aliphatic rings. The van der Waals surface area contributed by atoms with Gasteiger partial charge in [0.05, 0.1) is 11.4 Å². The monoisotopic (exact) mass is 397 g/mol. The van der Waals surface area contributed by atoms with Crippen LogP contribution in [0, 0.1) is 5.82 Å². The van der Waals surface area contributed by atoms with Crippen molar-refractivity contribution in [3.8, 4) is 0 Å². The van der Waals surface area contributed by atoms with Crippen molar-refractivity contribution in [3.05, 3.63) is 63.1 Å². The first-order chi connectivity index (χ1) is 10.5. The zero-order valence-electron chi connectivity index (χ0n) is 11.1. The molecular weight excluding hydrogens is 389 g/mol. The average molecular weight is 398 g/mol. The van der Waals surface area contributed by atoms with Gasteiger partial charge in [-0.1, -0.05) is 36.1 Å². The third-order valence-corrected chi connectivity index (χ3v) is 4.80. The number of rotatable bonds is 3. The Balaban J connectivity index is 1.79. The van der Waals surface area contributed by atoms with E-state index in [-0.39, 0.29) is 11.7 Å². The number of carbonyl (C=O) groups is 1. The molecule has 22 heavy (non-hydrogen) atoms. The minimum atomic E-state index is -0.308. The van der Waals surface area contributed by atoms with E-state index in [2.05, 4.69) is 15.9 Å². The summed E-state index contributed by atoms with van der Waals surface area (Å²) in [6.07, 6.45) is 1.66. The molecule has 3 rings (SSSR count). The van der Waals surface area contributed by atoms with Gasteiger partial charge in [0.2, 0.25) is 0 Å². The molecular formula is C15H9BrFNO2S2. The van der Waals surface area contributed by atoms with Crippen molar-refractivity contribution in [2.24, 2.45) is 0 Å². The molecule has 0 unspecified atom stereocenters. The van der Waals surface area contributed by atoms with Crippen LogP contribution in [0.4, 0.5) is 4.39 Å². The molecule has 0 bridgehead atoms. The van der Waals surface area contributed by atoms with Crippen molar-refractivity contribution >= 4 is 56.2 Å². The molecule has 2 aromatic rings. The summed E-state index contributed by atoms with van der Waals surface area (Å²) in [6.45, 7) is 0.324. The fraction of sp³-hybridized carbons (Fsp3) is 0.0667. The summed E-state index contributed by atoms with van der Waals surface area (Å²) in [5, 5.41) is 0. The van der Waals surface area contributed by atoms with Gasteiger partial charge in [-0.15, -0.1) is 0 Å². The van der Waals surface area contributed by atoms with Gasteiger partial charge < -0.3 is 4.42 Å². The maximum atomic E-state index is 12.9. The first-order valence-corrected chi connectivity index (χ1v) is 8.30. The van der Waals surface area contributed by atoms with E-state index in [1.807, 2.05) is 0 Å². The lowest BCUT2D eigenvalue weighted by atomic mass is 10.2. The van der Waals surface area contributed by atoms with Gasteiger partial charge in [0.15, 0.2) is 4.67 Å². The number of furan rings is 1. The van der Waals surface area contributed by atoms with Crippen LogP contribution >= 0.6 is 39.9 Å². The molecule has 112 valence electrons. The lowest BCUT2D eigenvalue weighted by Crippen LogP contribution is -2.27. The molecule has 7 heteroatoms. The zero-order chi connectivity index (χ0) is 15.7. The van der Waals surface area contributed by atoms with Crippen molar-refractivity contribution in [2.45, 2.75) is 6.54 Å². The number of halogens is 2. The van der Waals surface area contributed by atoms with Gasteiger partial charge in [-0.2, -0.15) is 0 Å².